The van der Waals surface area contributed by atoms with Gasteiger partial charge in [-0.2, -0.15) is 0 Å². The minimum atomic E-state index is -0.109. The topological polar surface area (TPSA) is 58.4 Å². The van der Waals surface area contributed by atoms with Crippen molar-refractivity contribution in [1.82, 2.24) is 5.32 Å². The van der Waals surface area contributed by atoms with Gasteiger partial charge in [-0.15, -0.1) is 17.9 Å². The lowest BCUT2D eigenvalue weighted by Crippen LogP contribution is -2.23. The van der Waals surface area contributed by atoms with Gasteiger partial charge in [-0.05, 0) is 31.2 Å². The number of carbonyl (C=O) groups excluding carboxylic acids is 1. The maximum absolute atomic E-state index is 12.0. The molecule has 1 aromatic heterocycles. The fourth-order valence-corrected chi connectivity index (χ4v) is 3.50. The van der Waals surface area contributed by atoms with Gasteiger partial charge in [0.2, 0.25) is 0 Å². The second-order valence-corrected chi connectivity index (χ2v) is 6.42. The number of amides is 1. The molecule has 5 heteroatoms. The molecule has 0 radical (unpaired) electrons. The minimum absolute atomic E-state index is 0.109. The summed E-state index contributed by atoms with van der Waals surface area (Å²) in [6, 6.07) is 1.93. The van der Waals surface area contributed by atoms with Crippen LogP contribution in [0.5, 0.6) is 0 Å². The lowest BCUT2D eigenvalue weighted by Gasteiger charge is -2.20. The van der Waals surface area contributed by atoms with Crippen molar-refractivity contribution in [1.29, 1.82) is 0 Å². The van der Waals surface area contributed by atoms with E-state index >= 15 is 0 Å². The number of nitrogens with zero attached hydrogens (tertiary/aromatic N) is 1. The molecular formula is C15H23N3OS. The number of nitrogen functional groups attached to an aromatic ring is 1. The molecule has 1 aromatic rings. The van der Waals surface area contributed by atoms with Crippen molar-refractivity contribution in [2.75, 3.05) is 30.3 Å². The highest BCUT2D eigenvalue weighted by Gasteiger charge is 2.19. The van der Waals surface area contributed by atoms with E-state index in [1.165, 1.54) is 30.6 Å². The van der Waals surface area contributed by atoms with Crippen LogP contribution in [0.2, 0.25) is 0 Å². The molecule has 0 bridgehead atoms. The van der Waals surface area contributed by atoms with E-state index in [-0.39, 0.29) is 5.91 Å². The molecule has 1 amide bonds. The summed E-state index contributed by atoms with van der Waals surface area (Å²) >= 11 is 1.49. The molecule has 2 heterocycles. The van der Waals surface area contributed by atoms with Crippen LogP contribution in [0.25, 0.3) is 0 Å². The third kappa shape index (κ3) is 3.54. The van der Waals surface area contributed by atoms with E-state index in [1.807, 2.05) is 6.07 Å². The molecule has 3 N–H and O–H groups in total. The van der Waals surface area contributed by atoms with Gasteiger partial charge in [0, 0.05) is 19.6 Å². The van der Waals surface area contributed by atoms with Crippen LogP contribution in [0.1, 0.15) is 35.9 Å². The third-order valence-electron chi connectivity index (χ3n) is 3.69. The number of hydrogen-bond donors (Lipinski definition) is 2. The summed E-state index contributed by atoms with van der Waals surface area (Å²) in [5.74, 6) is 0.675. The fourth-order valence-electron chi connectivity index (χ4n) is 2.45. The zero-order valence-electron chi connectivity index (χ0n) is 12.0. The first-order chi connectivity index (χ1) is 9.61. The van der Waals surface area contributed by atoms with Crippen LogP contribution in [0.3, 0.4) is 0 Å². The maximum atomic E-state index is 12.0. The van der Waals surface area contributed by atoms with Crippen molar-refractivity contribution in [3.8, 4) is 0 Å². The molecule has 0 aliphatic carbocycles. The van der Waals surface area contributed by atoms with Crippen molar-refractivity contribution in [2.45, 2.75) is 26.2 Å². The molecule has 0 saturated carbocycles. The Kier molecular flexibility index (Phi) is 5.06. The molecule has 0 spiro atoms. The molecule has 20 heavy (non-hydrogen) atoms. The van der Waals surface area contributed by atoms with Crippen molar-refractivity contribution in [3.63, 3.8) is 0 Å². The molecule has 0 aromatic carbocycles. The first kappa shape index (κ1) is 14.9. The van der Waals surface area contributed by atoms with Gasteiger partial charge >= 0.3 is 0 Å². The molecule has 1 aliphatic heterocycles. The second-order valence-electron chi connectivity index (χ2n) is 5.39. The van der Waals surface area contributed by atoms with E-state index < -0.39 is 0 Å². The monoisotopic (exact) mass is 293 g/mol. The van der Waals surface area contributed by atoms with Gasteiger partial charge < -0.3 is 16.0 Å². The van der Waals surface area contributed by atoms with E-state index in [9.17, 15) is 4.79 Å². The predicted molar refractivity (Wildman–Crippen MR) is 86.5 cm³/mol. The SMILES string of the molecule is C=CCNC(=O)c1sc(N2CCCC(C)CC2)cc1N. The Balaban J connectivity index is 2.09. The van der Waals surface area contributed by atoms with Crippen LogP contribution in [0.4, 0.5) is 10.7 Å². The van der Waals surface area contributed by atoms with Crippen molar-refractivity contribution >= 4 is 27.9 Å². The molecule has 1 aliphatic rings. The summed E-state index contributed by atoms with van der Waals surface area (Å²) in [7, 11) is 0. The molecule has 1 atom stereocenters. The van der Waals surface area contributed by atoms with Crippen molar-refractivity contribution < 1.29 is 4.79 Å². The lowest BCUT2D eigenvalue weighted by atomic mass is 10.0. The summed E-state index contributed by atoms with van der Waals surface area (Å²) < 4.78 is 0. The summed E-state index contributed by atoms with van der Waals surface area (Å²) in [6.45, 7) is 8.47. The number of carbonyl (C=O) groups is 1. The molecule has 4 nitrogen and oxygen atoms in total. The average Bonchev–Trinajstić information content (AvgIpc) is 2.68. The standard InChI is InChI=1S/C15H23N3OS/c1-3-7-17-15(19)14-12(16)10-13(20-14)18-8-4-5-11(2)6-9-18/h3,10-11H,1,4-9,16H2,2H3,(H,17,19). The number of anilines is 2. The summed E-state index contributed by atoms with van der Waals surface area (Å²) in [4.78, 5) is 15.0. The number of rotatable bonds is 4. The predicted octanol–water partition coefficient (Wildman–Crippen LogP) is 2.87. The average molecular weight is 293 g/mol. The van der Waals surface area contributed by atoms with Crippen LogP contribution >= 0.6 is 11.3 Å². The molecule has 1 unspecified atom stereocenters. The highest BCUT2D eigenvalue weighted by molar-refractivity contribution is 7.18. The van der Waals surface area contributed by atoms with Gasteiger partial charge in [-0.1, -0.05) is 13.0 Å². The zero-order chi connectivity index (χ0) is 14.5. The first-order valence-corrected chi connectivity index (χ1v) is 7.96. The van der Waals surface area contributed by atoms with Crippen LogP contribution in [0.15, 0.2) is 18.7 Å². The smallest absolute Gasteiger partial charge is 0.263 e. The Bertz CT molecular complexity index is 483. The van der Waals surface area contributed by atoms with Crippen LogP contribution in [-0.2, 0) is 0 Å². The van der Waals surface area contributed by atoms with E-state index in [1.54, 1.807) is 6.08 Å². The lowest BCUT2D eigenvalue weighted by molar-refractivity contribution is 0.0963. The van der Waals surface area contributed by atoms with Gasteiger partial charge in [-0.25, -0.2) is 0 Å². The molecule has 1 fully saturated rings. The molecule has 2 rings (SSSR count). The number of nitrogens with one attached hydrogen (secondary N) is 1. The fraction of sp³-hybridized carbons (Fsp3) is 0.533. The Morgan fingerprint density at radius 3 is 3.15 bits per heavy atom. The number of thiophene rings is 1. The highest BCUT2D eigenvalue weighted by Crippen LogP contribution is 2.34. The van der Waals surface area contributed by atoms with Crippen LogP contribution in [0, 0.1) is 5.92 Å². The van der Waals surface area contributed by atoms with Gasteiger partial charge in [0.25, 0.3) is 5.91 Å². The summed E-state index contributed by atoms with van der Waals surface area (Å²) in [5.41, 5.74) is 6.56. The van der Waals surface area contributed by atoms with Crippen molar-refractivity contribution in [2.24, 2.45) is 5.92 Å². The summed E-state index contributed by atoms with van der Waals surface area (Å²) in [6.07, 6.45) is 5.36. The van der Waals surface area contributed by atoms with Gasteiger partial charge in [0.15, 0.2) is 0 Å². The van der Waals surface area contributed by atoms with Crippen molar-refractivity contribution in [3.05, 3.63) is 23.6 Å². The normalized spacial score (nSPS) is 19.4. The van der Waals surface area contributed by atoms with Crippen LogP contribution < -0.4 is 16.0 Å². The highest BCUT2D eigenvalue weighted by atomic mass is 32.1. The molecular weight excluding hydrogens is 270 g/mol. The van der Waals surface area contributed by atoms with Gasteiger partial charge in [0.1, 0.15) is 4.88 Å². The Hall–Kier alpha value is -1.49. The Morgan fingerprint density at radius 1 is 1.60 bits per heavy atom. The van der Waals surface area contributed by atoms with E-state index in [4.69, 9.17) is 5.73 Å². The van der Waals surface area contributed by atoms with E-state index in [0.717, 1.165) is 24.0 Å². The van der Waals surface area contributed by atoms with Gasteiger partial charge in [0.05, 0.1) is 10.7 Å². The largest absolute Gasteiger partial charge is 0.397 e. The number of hydrogen-bond acceptors (Lipinski definition) is 4. The Morgan fingerprint density at radius 2 is 2.40 bits per heavy atom. The minimum Gasteiger partial charge on any atom is -0.397 e. The van der Waals surface area contributed by atoms with E-state index in [0.29, 0.717) is 17.1 Å². The summed E-state index contributed by atoms with van der Waals surface area (Å²) in [5, 5.41) is 3.89. The quantitative estimate of drug-likeness (QED) is 0.839. The van der Waals surface area contributed by atoms with E-state index in [2.05, 4.69) is 23.7 Å². The first-order valence-electron chi connectivity index (χ1n) is 7.15. The Labute approximate surface area is 124 Å². The maximum Gasteiger partial charge on any atom is 0.263 e. The third-order valence-corrected chi connectivity index (χ3v) is 4.90. The van der Waals surface area contributed by atoms with Gasteiger partial charge in [-0.3, -0.25) is 4.79 Å². The number of nitrogens with two attached hydrogens (primary N) is 1. The second kappa shape index (κ2) is 6.79. The van der Waals surface area contributed by atoms with Crippen LogP contribution in [-0.4, -0.2) is 25.5 Å². The molecule has 110 valence electrons. The zero-order valence-corrected chi connectivity index (χ0v) is 12.8. The molecule has 1 saturated heterocycles.